The molecular weight excluding hydrogens is 516 g/mol. The van der Waals surface area contributed by atoms with Crippen LogP contribution in [-0.2, 0) is 33.5 Å². The standard InChI is InChI=1S/C27H34O12/c1-4-6-10-13-39-27(38)18(16(5-2)15-11-8-7-9-12-15)20(25(34)35)21(26(36)37)19(24(32)33)17(23(30)31)14(3)22(28)29/h1,7-9,11-12,14,16-21H,4-6,10,13H2,2-3H3,(H,28,29)(H,30,31)(H,32,33)(H,34,35)(H,36,37). The number of carboxylic acid groups (broad SMARTS) is 5. The summed E-state index contributed by atoms with van der Waals surface area (Å²) in [5.41, 5.74) is 0.444. The summed E-state index contributed by atoms with van der Waals surface area (Å²) in [6, 6.07) is 8.05. The average molecular weight is 551 g/mol. The highest BCUT2D eigenvalue weighted by atomic mass is 16.5. The molecule has 0 spiro atoms. The topological polar surface area (TPSA) is 213 Å². The van der Waals surface area contributed by atoms with Crippen molar-refractivity contribution in [3.8, 4) is 0 Å². The number of ether oxygens (including phenoxy) is 1. The minimum atomic E-state index is -2.52. The molecule has 0 saturated heterocycles. The number of rotatable bonds is 18. The molecule has 0 saturated carbocycles. The van der Waals surface area contributed by atoms with Crippen LogP contribution in [-0.4, -0.2) is 68.0 Å². The zero-order valence-corrected chi connectivity index (χ0v) is 21.6. The maximum atomic E-state index is 13.4. The molecule has 0 aromatic heterocycles. The van der Waals surface area contributed by atoms with Crippen molar-refractivity contribution in [2.24, 2.45) is 35.5 Å². The van der Waals surface area contributed by atoms with Crippen LogP contribution in [0.4, 0.5) is 0 Å². The molecule has 0 amide bonds. The number of carbonyl (C=O) groups is 6. The van der Waals surface area contributed by atoms with E-state index in [1.807, 2.05) is 0 Å². The molecule has 1 aromatic carbocycles. The summed E-state index contributed by atoms with van der Waals surface area (Å²) < 4.78 is 5.30. The van der Waals surface area contributed by atoms with Gasteiger partial charge in [0.1, 0.15) is 0 Å². The van der Waals surface area contributed by atoms with Crippen LogP contribution in [0.2, 0.25) is 0 Å². The summed E-state index contributed by atoms with van der Waals surface area (Å²) in [5.74, 6) is -25.0. The fraction of sp³-hybridized carbons (Fsp3) is 0.519. The van der Waals surface area contributed by atoms with Crippen LogP contribution in [0.3, 0.4) is 0 Å². The molecule has 39 heavy (non-hydrogen) atoms. The first-order valence-electron chi connectivity index (χ1n) is 12.4. The van der Waals surface area contributed by atoms with E-state index in [0.29, 0.717) is 24.8 Å². The van der Waals surface area contributed by atoms with Crippen molar-refractivity contribution in [3.05, 3.63) is 42.8 Å². The summed E-state index contributed by atoms with van der Waals surface area (Å²) in [4.78, 5) is 74.7. The summed E-state index contributed by atoms with van der Waals surface area (Å²) in [6.07, 6.45) is 1.20. The molecule has 0 heterocycles. The molecule has 0 aliphatic carbocycles. The number of hydrogen-bond donors (Lipinski definition) is 5. The monoisotopic (exact) mass is 550 g/mol. The Labute approximate surface area is 225 Å². The van der Waals surface area contributed by atoms with Crippen molar-refractivity contribution >= 4 is 35.8 Å². The first-order chi connectivity index (χ1) is 18.3. The first kappa shape index (κ1) is 33.1. The maximum absolute atomic E-state index is 13.4. The Hall–Kier alpha value is -3.96. The van der Waals surface area contributed by atoms with Gasteiger partial charge >= 0.3 is 35.8 Å². The van der Waals surface area contributed by atoms with Gasteiger partial charge in [0.2, 0.25) is 0 Å². The molecule has 12 nitrogen and oxygen atoms in total. The SMILES string of the molecule is [CH]CCCCOC(=O)C(C(CC)c1ccccc1)C(C(=O)O)C(C(=O)O)C(C(=O)O)C(C(=O)O)C(C)C(=O)O. The lowest BCUT2D eigenvalue weighted by atomic mass is 9.64. The second kappa shape index (κ2) is 15.5. The fourth-order valence-corrected chi connectivity index (χ4v) is 4.90. The van der Waals surface area contributed by atoms with E-state index in [-0.39, 0.29) is 13.0 Å². The van der Waals surface area contributed by atoms with E-state index in [2.05, 4.69) is 0 Å². The van der Waals surface area contributed by atoms with Gasteiger partial charge in [0.25, 0.3) is 0 Å². The van der Waals surface area contributed by atoms with Gasteiger partial charge in [-0.05, 0) is 44.1 Å². The number of carbonyl (C=O) groups excluding carboxylic acids is 1. The molecule has 1 aromatic rings. The zero-order chi connectivity index (χ0) is 29.9. The minimum absolute atomic E-state index is 0.105. The summed E-state index contributed by atoms with van der Waals surface area (Å²) in [5, 5.41) is 49.5. The number of esters is 1. The second-order valence-corrected chi connectivity index (χ2v) is 9.20. The van der Waals surface area contributed by atoms with Gasteiger partial charge in [-0.15, -0.1) is 0 Å². The molecule has 7 atom stereocenters. The van der Waals surface area contributed by atoms with E-state index < -0.39 is 77.2 Å². The Morgan fingerprint density at radius 3 is 1.59 bits per heavy atom. The molecular formula is C27H34O12. The third-order valence-corrected chi connectivity index (χ3v) is 6.83. The molecule has 0 aliphatic heterocycles. The Kier molecular flexibility index (Phi) is 13.1. The van der Waals surface area contributed by atoms with E-state index in [1.54, 1.807) is 37.3 Å². The zero-order valence-electron chi connectivity index (χ0n) is 21.6. The smallest absolute Gasteiger partial charge is 0.310 e. The van der Waals surface area contributed by atoms with E-state index in [9.17, 15) is 54.3 Å². The molecule has 12 heteroatoms. The molecule has 0 aliphatic rings. The third-order valence-electron chi connectivity index (χ3n) is 6.83. The van der Waals surface area contributed by atoms with Crippen molar-refractivity contribution in [1.29, 1.82) is 0 Å². The van der Waals surface area contributed by atoms with Gasteiger partial charge in [-0.1, -0.05) is 44.2 Å². The van der Waals surface area contributed by atoms with Crippen LogP contribution in [0.25, 0.3) is 0 Å². The Morgan fingerprint density at radius 1 is 0.718 bits per heavy atom. The van der Waals surface area contributed by atoms with Gasteiger partial charge in [0.15, 0.2) is 0 Å². The fourth-order valence-electron chi connectivity index (χ4n) is 4.90. The highest BCUT2D eigenvalue weighted by molar-refractivity contribution is 5.92. The number of hydrogen-bond acceptors (Lipinski definition) is 7. The van der Waals surface area contributed by atoms with Crippen LogP contribution in [0.15, 0.2) is 30.3 Å². The van der Waals surface area contributed by atoms with Gasteiger partial charge in [0, 0.05) is 0 Å². The van der Waals surface area contributed by atoms with Crippen molar-refractivity contribution in [1.82, 2.24) is 0 Å². The predicted molar refractivity (Wildman–Crippen MR) is 133 cm³/mol. The van der Waals surface area contributed by atoms with Crippen molar-refractivity contribution in [3.63, 3.8) is 0 Å². The van der Waals surface area contributed by atoms with E-state index in [0.717, 1.165) is 6.92 Å². The van der Waals surface area contributed by atoms with E-state index in [1.165, 1.54) is 0 Å². The van der Waals surface area contributed by atoms with Gasteiger partial charge in [-0.25, -0.2) is 0 Å². The molecule has 0 fully saturated rings. The molecule has 1 rings (SSSR count). The summed E-state index contributed by atoms with van der Waals surface area (Å²) >= 11 is 0. The molecule has 7 unspecified atom stereocenters. The lowest BCUT2D eigenvalue weighted by molar-refractivity contribution is -0.177. The van der Waals surface area contributed by atoms with Gasteiger partial charge in [0.05, 0.1) is 42.1 Å². The van der Waals surface area contributed by atoms with E-state index >= 15 is 0 Å². The Bertz CT molecular complexity index is 1020. The normalized spacial score (nSPS) is 16.5. The van der Waals surface area contributed by atoms with Gasteiger partial charge in [-0.2, -0.15) is 0 Å². The van der Waals surface area contributed by atoms with Crippen LogP contribution in [0.5, 0.6) is 0 Å². The minimum Gasteiger partial charge on any atom is -0.481 e. The summed E-state index contributed by atoms with van der Waals surface area (Å²) in [7, 11) is 0. The summed E-state index contributed by atoms with van der Waals surface area (Å²) in [6.45, 7) is 7.77. The van der Waals surface area contributed by atoms with E-state index in [4.69, 9.17) is 11.7 Å². The molecule has 2 radical (unpaired) electrons. The van der Waals surface area contributed by atoms with Crippen LogP contribution >= 0.6 is 0 Å². The van der Waals surface area contributed by atoms with Crippen LogP contribution < -0.4 is 0 Å². The second-order valence-electron chi connectivity index (χ2n) is 9.20. The lowest BCUT2D eigenvalue weighted by Crippen LogP contribution is -2.51. The average Bonchev–Trinajstić information content (AvgIpc) is 2.86. The number of carboxylic acids is 5. The number of benzene rings is 1. The maximum Gasteiger partial charge on any atom is 0.310 e. The van der Waals surface area contributed by atoms with Crippen molar-refractivity contribution in [2.45, 2.75) is 45.4 Å². The highest BCUT2D eigenvalue weighted by Gasteiger charge is 2.56. The van der Waals surface area contributed by atoms with Crippen molar-refractivity contribution in [2.75, 3.05) is 6.61 Å². The first-order valence-corrected chi connectivity index (χ1v) is 12.4. The predicted octanol–water partition coefficient (Wildman–Crippen LogP) is 2.74. The molecule has 0 bridgehead atoms. The Morgan fingerprint density at radius 2 is 1.18 bits per heavy atom. The van der Waals surface area contributed by atoms with Gasteiger partial charge in [-0.3, -0.25) is 28.8 Å². The number of aliphatic carboxylic acids is 5. The lowest BCUT2D eigenvalue weighted by Gasteiger charge is -2.36. The quantitative estimate of drug-likeness (QED) is 0.132. The Balaban J connectivity index is 3.88. The molecule has 214 valence electrons. The van der Waals surface area contributed by atoms with Crippen LogP contribution in [0, 0.1) is 42.4 Å². The highest BCUT2D eigenvalue weighted by Crippen LogP contribution is 2.43. The molecule has 5 N–H and O–H groups in total. The third kappa shape index (κ3) is 8.52. The largest absolute Gasteiger partial charge is 0.481 e. The van der Waals surface area contributed by atoms with Crippen molar-refractivity contribution < 1.29 is 59.0 Å². The van der Waals surface area contributed by atoms with Gasteiger partial charge < -0.3 is 30.3 Å². The van der Waals surface area contributed by atoms with Crippen LogP contribution in [0.1, 0.15) is 51.0 Å². The number of unbranched alkanes of at least 4 members (excludes halogenated alkanes) is 2.